The van der Waals surface area contributed by atoms with Crippen molar-refractivity contribution in [1.29, 1.82) is 0 Å². The Labute approximate surface area is 87.1 Å². The maximum atomic E-state index is 4.41. The molecule has 0 unspecified atom stereocenters. The van der Waals surface area contributed by atoms with Crippen molar-refractivity contribution < 1.29 is 0 Å². The molecular weight excluding hydrogens is 172 g/mol. The number of nitrogens with one attached hydrogen (secondary N) is 1. The van der Waals surface area contributed by atoms with Gasteiger partial charge in [-0.2, -0.15) is 0 Å². The molecule has 0 aliphatic carbocycles. The maximum Gasteiger partial charge on any atom is 0.108 e. The smallest absolute Gasteiger partial charge is 0.108 e. The minimum Gasteiger partial charge on any atom is -0.345 e. The Kier molecular flexibility index (Phi) is 3.35. The number of imidazole rings is 1. The largest absolute Gasteiger partial charge is 0.345 e. The summed E-state index contributed by atoms with van der Waals surface area (Å²) in [5, 5.41) is 0. The van der Waals surface area contributed by atoms with Crippen LogP contribution in [0.4, 0.5) is 0 Å². The van der Waals surface area contributed by atoms with Crippen molar-refractivity contribution >= 4 is 0 Å². The van der Waals surface area contributed by atoms with E-state index < -0.39 is 0 Å². The fraction of sp³-hybridized carbons (Fsp3) is 0.750. The molecule has 0 radical (unpaired) electrons. The zero-order chi connectivity index (χ0) is 10.8. The van der Waals surface area contributed by atoms with Gasteiger partial charge in [0.1, 0.15) is 5.82 Å². The van der Waals surface area contributed by atoms with Gasteiger partial charge in [-0.05, 0) is 6.42 Å². The summed E-state index contributed by atoms with van der Waals surface area (Å²) in [5.74, 6) is 1.59. The molecule has 0 saturated heterocycles. The zero-order valence-electron chi connectivity index (χ0n) is 10.0. The van der Waals surface area contributed by atoms with E-state index in [0.29, 0.717) is 5.92 Å². The van der Waals surface area contributed by atoms with Crippen molar-refractivity contribution in [2.75, 3.05) is 0 Å². The predicted octanol–water partition coefficient (Wildman–Crippen LogP) is 3.61. The van der Waals surface area contributed by atoms with Crippen LogP contribution >= 0.6 is 0 Å². The van der Waals surface area contributed by atoms with E-state index in [1.807, 2.05) is 6.20 Å². The molecule has 0 aliphatic heterocycles. The van der Waals surface area contributed by atoms with Gasteiger partial charge in [0.15, 0.2) is 0 Å². The van der Waals surface area contributed by atoms with Crippen LogP contribution in [-0.2, 0) is 5.41 Å². The Morgan fingerprint density at radius 3 is 2.50 bits per heavy atom. The minimum absolute atomic E-state index is 0.231. The van der Waals surface area contributed by atoms with Gasteiger partial charge in [0.05, 0.1) is 0 Å². The molecule has 1 N–H and O–H groups in total. The van der Waals surface area contributed by atoms with E-state index >= 15 is 0 Å². The molecule has 0 aromatic carbocycles. The van der Waals surface area contributed by atoms with Crippen LogP contribution in [0.5, 0.6) is 0 Å². The van der Waals surface area contributed by atoms with E-state index in [-0.39, 0.29) is 5.41 Å². The molecule has 1 rings (SSSR count). The van der Waals surface area contributed by atoms with Crippen LogP contribution in [0.25, 0.3) is 0 Å². The molecule has 0 amide bonds. The van der Waals surface area contributed by atoms with Gasteiger partial charge in [-0.3, -0.25) is 0 Å². The number of rotatable bonds is 4. The maximum absolute atomic E-state index is 4.41. The lowest BCUT2D eigenvalue weighted by molar-refractivity contribution is 0.460. The number of hydrogen-bond acceptors (Lipinski definition) is 1. The Hall–Kier alpha value is -0.790. The molecule has 1 aromatic heterocycles. The summed E-state index contributed by atoms with van der Waals surface area (Å²) in [6.45, 7) is 11.1. The van der Waals surface area contributed by atoms with Crippen LogP contribution in [0.1, 0.15) is 64.9 Å². The first-order chi connectivity index (χ1) is 6.47. The monoisotopic (exact) mass is 194 g/mol. The molecule has 1 aromatic rings. The molecule has 2 nitrogen and oxygen atoms in total. The number of aromatic amines is 1. The number of nitrogens with zero attached hydrogens (tertiary/aromatic N) is 1. The van der Waals surface area contributed by atoms with Gasteiger partial charge >= 0.3 is 0 Å². The van der Waals surface area contributed by atoms with Gasteiger partial charge in [-0.1, -0.05) is 41.0 Å². The molecule has 2 heteroatoms. The average Bonchev–Trinajstić information content (AvgIpc) is 2.51. The van der Waals surface area contributed by atoms with Crippen molar-refractivity contribution in [3.05, 3.63) is 17.7 Å². The lowest BCUT2D eigenvalue weighted by Crippen LogP contribution is -2.17. The van der Waals surface area contributed by atoms with E-state index in [0.717, 1.165) is 5.82 Å². The summed E-state index contributed by atoms with van der Waals surface area (Å²) in [6.07, 6.45) is 4.40. The Balaban J connectivity index is 2.85. The van der Waals surface area contributed by atoms with Crippen LogP contribution in [0, 0.1) is 0 Å². The molecule has 1 heterocycles. The van der Waals surface area contributed by atoms with Gasteiger partial charge in [-0.25, -0.2) is 4.98 Å². The normalized spacial score (nSPS) is 12.4. The highest BCUT2D eigenvalue weighted by atomic mass is 14.9. The fourth-order valence-electron chi connectivity index (χ4n) is 1.73. The topological polar surface area (TPSA) is 28.7 Å². The van der Waals surface area contributed by atoms with E-state index in [2.05, 4.69) is 44.6 Å². The van der Waals surface area contributed by atoms with Crippen LogP contribution in [0.3, 0.4) is 0 Å². The van der Waals surface area contributed by atoms with Gasteiger partial charge in [0.2, 0.25) is 0 Å². The number of H-pyrrole nitrogens is 1. The Morgan fingerprint density at radius 2 is 2.07 bits per heavy atom. The summed E-state index contributed by atoms with van der Waals surface area (Å²) >= 11 is 0. The molecule has 14 heavy (non-hydrogen) atoms. The Bertz CT molecular complexity index is 284. The van der Waals surface area contributed by atoms with Crippen molar-refractivity contribution in [3.8, 4) is 0 Å². The first kappa shape index (κ1) is 11.3. The third-order valence-corrected chi connectivity index (χ3v) is 2.75. The molecule has 0 aliphatic rings. The third-order valence-electron chi connectivity index (χ3n) is 2.75. The van der Waals surface area contributed by atoms with Gasteiger partial charge < -0.3 is 4.98 Å². The molecule has 0 fully saturated rings. The second-order valence-electron chi connectivity index (χ2n) is 4.97. The first-order valence-corrected chi connectivity index (χ1v) is 5.52. The molecule has 0 saturated carbocycles. The Morgan fingerprint density at radius 1 is 1.43 bits per heavy atom. The van der Waals surface area contributed by atoms with Crippen molar-refractivity contribution in [2.45, 2.75) is 58.8 Å². The molecular formula is C12H22N2. The van der Waals surface area contributed by atoms with Crippen molar-refractivity contribution in [1.82, 2.24) is 9.97 Å². The highest BCUT2D eigenvalue weighted by molar-refractivity contribution is 5.14. The lowest BCUT2D eigenvalue weighted by Gasteiger charge is -2.22. The summed E-state index contributed by atoms with van der Waals surface area (Å²) in [6, 6.07) is 0. The summed E-state index contributed by atoms with van der Waals surface area (Å²) in [4.78, 5) is 7.84. The molecule has 0 spiro atoms. The van der Waals surface area contributed by atoms with E-state index in [4.69, 9.17) is 0 Å². The van der Waals surface area contributed by atoms with E-state index in [1.54, 1.807) is 0 Å². The second kappa shape index (κ2) is 4.16. The second-order valence-corrected chi connectivity index (χ2v) is 4.97. The fourth-order valence-corrected chi connectivity index (χ4v) is 1.73. The number of aromatic nitrogens is 2. The predicted molar refractivity (Wildman–Crippen MR) is 60.6 cm³/mol. The van der Waals surface area contributed by atoms with Crippen LogP contribution in [0.15, 0.2) is 6.20 Å². The number of hydrogen-bond donors (Lipinski definition) is 1. The first-order valence-electron chi connectivity index (χ1n) is 5.52. The highest BCUT2D eigenvalue weighted by Gasteiger charge is 2.22. The minimum atomic E-state index is 0.231. The van der Waals surface area contributed by atoms with Gasteiger partial charge in [-0.15, -0.1) is 0 Å². The standard InChI is InChI=1S/C12H22N2/c1-6-7-12(4,5)10-8-13-11(14-10)9(2)3/h8-9H,6-7H2,1-5H3,(H,13,14). The van der Waals surface area contributed by atoms with Crippen molar-refractivity contribution in [3.63, 3.8) is 0 Å². The van der Waals surface area contributed by atoms with E-state index in [9.17, 15) is 0 Å². The summed E-state index contributed by atoms with van der Waals surface area (Å²) in [7, 11) is 0. The quantitative estimate of drug-likeness (QED) is 0.779. The highest BCUT2D eigenvalue weighted by Crippen LogP contribution is 2.27. The zero-order valence-corrected chi connectivity index (χ0v) is 10.0. The average molecular weight is 194 g/mol. The molecule has 0 atom stereocenters. The summed E-state index contributed by atoms with van der Waals surface area (Å²) in [5.41, 5.74) is 1.50. The van der Waals surface area contributed by atoms with Crippen LogP contribution < -0.4 is 0 Å². The van der Waals surface area contributed by atoms with Crippen LogP contribution in [0.2, 0.25) is 0 Å². The van der Waals surface area contributed by atoms with Crippen LogP contribution in [-0.4, -0.2) is 9.97 Å². The molecule has 80 valence electrons. The SMILES string of the molecule is CCCC(C)(C)c1cnc(C(C)C)[nH]1. The van der Waals surface area contributed by atoms with E-state index in [1.165, 1.54) is 18.5 Å². The van der Waals surface area contributed by atoms with Gasteiger partial charge in [0.25, 0.3) is 0 Å². The summed E-state index contributed by atoms with van der Waals surface area (Å²) < 4.78 is 0. The lowest BCUT2D eigenvalue weighted by atomic mass is 9.85. The molecule has 0 bridgehead atoms. The third kappa shape index (κ3) is 2.37. The van der Waals surface area contributed by atoms with Crippen molar-refractivity contribution in [2.24, 2.45) is 0 Å². The van der Waals surface area contributed by atoms with Gasteiger partial charge in [0, 0.05) is 23.2 Å².